The number of fused-ring (bicyclic) bond motifs is 1. The molecule has 1 N–H and O–H groups in total. The second-order valence-electron chi connectivity index (χ2n) is 4.87. The van der Waals surface area contributed by atoms with Crippen LogP contribution in [0.4, 0.5) is 5.82 Å². The highest BCUT2D eigenvalue weighted by Gasteiger charge is 2.14. The highest BCUT2D eigenvalue weighted by molar-refractivity contribution is 7.91. The van der Waals surface area contributed by atoms with Crippen molar-refractivity contribution in [2.75, 3.05) is 23.4 Å². The second-order valence-corrected chi connectivity index (χ2v) is 7.34. The number of aromatic nitrogens is 2. The van der Waals surface area contributed by atoms with Crippen molar-refractivity contribution >= 4 is 15.7 Å². The molecule has 0 unspecified atom stereocenters. The largest absolute Gasteiger partial charge is 0.369 e. The van der Waals surface area contributed by atoms with Crippen LogP contribution in [0.3, 0.4) is 0 Å². The van der Waals surface area contributed by atoms with Crippen LogP contribution in [-0.4, -0.2) is 36.4 Å². The molecule has 0 saturated heterocycles. The van der Waals surface area contributed by atoms with Crippen molar-refractivity contribution in [3.8, 4) is 0 Å². The lowest BCUT2D eigenvalue weighted by Gasteiger charge is -2.12. The third kappa shape index (κ3) is 3.89. The predicted octanol–water partition coefficient (Wildman–Crippen LogP) is 1.59. The maximum Gasteiger partial charge on any atom is 0.151 e. The molecule has 0 amide bonds. The summed E-state index contributed by atoms with van der Waals surface area (Å²) in [6.45, 7) is 2.09. The number of nitrogens with zero attached hydrogens (tertiary/aromatic N) is 2. The van der Waals surface area contributed by atoms with Crippen LogP contribution in [0.1, 0.15) is 37.4 Å². The van der Waals surface area contributed by atoms with Crippen LogP contribution in [0.25, 0.3) is 0 Å². The normalized spacial score (nSPS) is 15.6. The summed E-state index contributed by atoms with van der Waals surface area (Å²) in [5, 5.41) is 3.16. The van der Waals surface area contributed by atoms with E-state index in [1.54, 1.807) is 13.3 Å². The van der Waals surface area contributed by atoms with E-state index in [0.717, 1.165) is 30.8 Å². The van der Waals surface area contributed by atoms with Crippen molar-refractivity contribution in [2.24, 2.45) is 0 Å². The zero-order valence-corrected chi connectivity index (χ0v) is 12.2. The molecule has 0 spiro atoms. The highest BCUT2D eigenvalue weighted by Crippen LogP contribution is 2.23. The summed E-state index contributed by atoms with van der Waals surface area (Å²) in [5.74, 6) is 1.16. The third-order valence-electron chi connectivity index (χ3n) is 3.52. The fourth-order valence-electron chi connectivity index (χ4n) is 2.32. The zero-order chi connectivity index (χ0) is 13.7. The van der Waals surface area contributed by atoms with Crippen LogP contribution in [0.2, 0.25) is 0 Å². The SMILES string of the molecule is CCS(=O)(=O)CCNc1ncnc2c1CCCCC2. The summed E-state index contributed by atoms with van der Waals surface area (Å²) in [4.78, 5) is 8.61. The molecule has 0 aromatic carbocycles. The first-order valence-electron chi connectivity index (χ1n) is 6.89. The molecule has 0 bridgehead atoms. The maximum atomic E-state index is 11.5. The lowest BCUT2D eigenvalue weighted by molar-refractivity contribution is 0.597. The Labute approximate surface area is 114 Å². The molecule has 1 aromatic rings. The Hall–Kier alpha value is -1.17. The first-order chi connectivity index (χ1) is 9.12. The monoisotopic (exact) mass is 283 g/mol. The minimum atomic E-state index is -2.92. The van der Waals surface area contributed by atoms with Crippen LogP contribution < -0.4 is 5.32 Å². The summed E-state index contributed by atoms with van der Waals surface area (Å²) in [5.41, 5.74) is 2.29. The summed E-state index contributed by atoms with van der Waals surface area (Å²) in [7, 11) is -2.92. The van der Waals surface area contributed by atoms with Gasteiger partial charge in [-0.05, 0) is 25.7 Å². The predicted molar refractivity (Wildman–Crippen MR) is 76.1 cm³/mol. The Morgan fingerprint density at radius 2 is 2.00 bits per heavy atom. The number of rotatable bonds is 5. The molecule has 6 heteroatoms. The Kier molecular flexibility index (Phi) is 4.74. The van der Waals surface area contributed by atoms with Gasteiger partial charge >= 0.3 is 0 Å². The van der Waals surface area contributed by atoms with Gasteiger partial charge in [0.2, 0.25) is 0 Å². The molecule has 106 valence electrons. The Morgan fingerprint density at radius 1 is 1.21 bits per heavy atom. The summed E-state index contributed by atoms with van der Waals surface area (Å²) < 4.78 is 22.9. The Morgan fingerprint density at radius 3 is 2.79 bits per heavy atom. The van der Waals surface area contributed by atoms with Gasteiger partial charge in [0.15, 0.2) is 9.84 Å². The lowest BCUT2D eigenvalue weighted by atomic mass is 10.1. The fourth-order valence-corrected chi connectivity index (χ4v) is 3.02. The summed E-state index contributed by atoms with van der Waals surface area (Å²) in [6, 6.07) is 0. The van der Waals surface area contributed by atoms with Gasteiger partial charge in [-0.25, -0.2) is 18.4 Å². The van der Waals surface area contributed by atoms with Crippen LogP contribution in [0.5, 0.6) is 0 Å². The van der Waals surface area contributed by atoms with Crippen molar-refractivity contribution in [1.29, 1.82) is 0 Å². The zero-order valence-electron chi connectivity index (χ0n) is 11.4. The van der Waals surface area contributed by atoms with Crippen molar-refractivity contribution < 1.29 is 8.42 Å². The van der Waals surface area contributed by atoms with Gasteiger partial charge in [-0.2, -0.15) is 0 Å². The smallest absolute Gasteiger partial charge is 0.151 e. The molecule has 0 aliphatic heterocycles. The van der Waals surface area contributed by atoms with Gasteiger partial charge in [-0.1, -0.05) is 13.3 Å². The van der Waals surface area contributed by atoms with E-state index in [9.17, 15) is 8.42 Å². The van der Waals surface area contributed by atoms with E-state index < -0.39 is 9.84 Å². The van der Waals surface area contributed by atoms with Gasteiger partial charge in [-0.3, -0.25) is 0 Å². The number of anilines is 1. The average molecular weight is 283 g/mol. The Bertz CT molecular complexity index is 529. The summed E-state index contributed by atoms with van der Waals surface area (Å²) in [6.07, 6.45) is 7.11. The third-order valence-corrected chi connectivity index (χ3v) is 5.23. The van der Waals surface area contributed by atoms with Crippen molar-refractivity contribution in [1.82, 2.24) is 9.97 Å². The maximum absolute atomic E-state index is 11.5. The first-order valence-corrected chi connectivity index (χ1v) is 8.71. The molecule has 1 aliphatic rings. The van der Waals surface area contributed by atoms with E-state index in [0.29, 0.717) is 6.54 Å². The molecular weight excluding hydrogens is 262 g/mol. The number of sulfone groups is 1. The molecule has 2 rings (SSSR count). The highest BCUT2D eigenvalue weighted by atomic mass is 32.2. The van der Waals surface area contributed by atoms with Gasteiger partial charge in [0.1, 0.15) is 12.1 Å². The van der Waals surface area contributed by atoms with Crippen LogP contribution in [0.15, 0.2) is 6.33 Å². The first kappa shape index (κ1) is 14.2. The van der Waals surface area contributed by atoms with Crippen LogP contribution >= 0.6 is 0 Å². The molecule has 0 atom stereocenters. The Balaban J connectivity index is 2.05. The van der Waals surface area contributed by atoms with Gasteiger partial charge in [-0.15, -0.1) is 0 Å². The number of hydrogen-bond donors (Lipinski definition) is 1. The van der Waals surface area contributed by atoms with Gasteiger partial charge < -0.3 is 5.32 Å². The molecular formula is C13H21N3O2S. The van der Waals surface area contributed by atoms with E-state index in [4.69, 9.17) is 0 Å². The number of nitrogens with one attached hydrogen (secondary N) is 1. The number of hydrogen-bond acceptors (Lipinski definition) is 5. The van der Waals surface area contributed by atoms with E-state index >= 15 is 0 Å². The van der Waals surface area contributed by atoms with Crippen LogP contribution in [0, 0.1) is 0 Å². The molecule has 19 heavy (non-hydrogen) atoms. The van der Waals surface area contributed by atoms with Gasteiger partial charge in [0.25, 0.3) is 0 Å². The fraction of sp³-hybridized carbons (Fsp3) is 0.692. The molecule has 1 aliphatic carbocycles. The molecule has 1 aromatic heterocycles. The molecule has 0 fully saturated rings. The minimum Gasteiger partial charge on any atom is -0.369 e. The number of aryl methyl sites for hydroxylation is 1. The van der Waals surface area contributed by atoms with Gasteiger partial charge in [0, 0.05) is 23.6 Å². The quantitative estimate of drug-likeness (QED) is 0.831. The van der Waals surface area contributed by atoms with E-state index in [1.807, 2.05) is 0 Å². The second kappa shape index (κ2) is 6.32. The lowest BCUT2D eigenvalue weighted by Crippen LogP contribution is -2.18. The molecule has 1 heterocycles. The van der Waals surface area contributed by atoms with E-state index in [1.165, 1.54) is 18.4 Å². The minimum absolute atomic E-state index is 0.155. The van der Waals surface area contributed by atoms with Crippen LogP contribution in [-0.2, 0) is 22.7 Å². The van der Waals surface area contributed by atoms with Crippen molar-refractivity contribution in [3.63, 3.8) is 0 Å². The summed E-state index contributed by atoms with van der Waals surface area (Å²) >= 11 is 0. The van der Waals surface area contributed by atoms with E-state index in [-0.39, 0.29) is 11.5 Å². The van der Waals surface area contributed by atoms with E-state index in [2.05, 4.69) is 15.3 Å². The van der Waals surface area contributed by atoms with Crippen molar-refractivity contribution in [2.45, 2.75) is 39.0 Å². The average Bonchev–Trinajstić information content (AvgIpc) is 2.64. The molecule has 0 radical (unpaired) electrons. The van der Waals surface area contributed by atoms with Crippen molar-refractivity contribution in [3.05, 3.63) is 17.6 Å². The molecule has 0 saturated carbocycles. The topological polar surface area (TPSA) is 72.0 Å². The standard InChI is InChI=1S/C13H21N3O2S/c1-2-19(17,18)9-8-14-13-11-6-4-3-5-7-12(11)15-10-16-13/h10H,2-9H2,1H3,(H,14,15,16). The molecule has 5 nitrogen and oxygen atoms in total. The van der Waals surface area contributed by atoms with Gasteiger partial charge in [0.05, 0.1) is 5.75 Å².